The van der Waals surface area contributed by atoms with E-state index < -0.39 is 17.2 Å². The van der Waals surface area contributed by atoms with E-state index in [0.717, 1.165) is 5.06 Å². The summed E-state index contributed by atoms with van der Waals surface area (Å²) in [4.78, 5) is 66.1. The molecule has 0 radical (unpaired) electrons. The zero-order chi connectivity index (χ0) is 42.9. The Hall–Kier alpha value is -6.99. The smallest absolute Gasteiger partial charge is 0.870 e. The Morgan fingerprint density at radius 2 is 0.859 bits per heavy atom. The molecule has 19 heteroatoms. The van der Waals surface area contributed by atoms with Gasteiger partial charge in [0.2, 0.25) is 23.6 Å². The predicted molar refractivity (Wildman–Crippen MR) is 231 cm³/mol. The molecule has 0 atom stereocenters. The Labute approximate surface area is 395 Å². The predicted octanol–water partition coefficient (Wildman–Crippen LogP) is 6.96. The van der Waals surface area contributed by atoms with Crippen LogP contribution in [-0.2, 0) is 9.57 Å². The molecule has 2 N–H and O–H groups in total. The fraction of sp³-hybridized carbons (Fsp3) is 0.111. The number of nitrogens with zero attached hydrogens (tertiary/aromatic N) is 5. The van der Waals surface area contributed by atoms with Crippen LogP contribution in [0.25, 0.3) is 45.8 Å². The van der Waals surface area contributed by atoms with Crippen LogP contribution in [0, 0.1) is 0 Å². The first kappa shape index (κ1) is 55.0. The van der Waals surface area contributed by atoms with Crippen LogP contribution in [0.15, 0.2) is 165 Å². The molecule has 64 heavy (non-hydrogen) atoms. The molecule has 4 heterocycles. The first-order valence-electron chi connectivity index (χ1n) is 17.4. The molecule has 0 aliphatic rings. The minimum atomic E-state index is -0.987. The summed E-state index contributed by atoms with van der Waals surface area (Å²) < 4.78 is 25.1. The van der Waals surface area contributed by atoms with Crippen molar-refractivity contribution in [3.63, 3.8) is 0 Å². The maximum Gasteiger partial charge on any atom is 1.00 e. The molecule has 4 aromatic carbocycles. The van der Waals surface area contributed by atoms with Crippen LogP contribution < -0.4 is 29.6 Å². The number of carbonyl (C=O) groups excluding carboxylic acids is 3. The van der Waals surface area contributed by atoms with Gasteiger partial charge in [-0.2, -0.15) is 0 Å². The van der Waals surface area contributed by atoms with Gasteiger partial charge in [0, 0.05) is 23.7 Å². The van der Waals surface area contributed by atoms with Crippen molar-refractivity contribution >= 4 is 34.7 Å². The first-order chi connectivity index (χ1) is 29.1. The zero-order valence-corrected chi connectivity index (χ0v) is 36.2. The van der Waals surface area contributed by atoms with Gasteiger partial charge in [0.25, 0.3) is 11.1 Å². The number of oxazole rings is 4. The molecule has 8 rings (SSSR count). The van der Waals surface area contributed by atoms with Gasteiger partial charge in [0.1, 0.15) is 25.1 Å². The van der Waals surface area contributed by atoms with Crippen molar-refractivity contribution in [1.82, 2.24) is 25.0 Å². The summed E-state index contributed by atoms with van der Waals surface area (Å²) >= 11 is 5.42. The Balaban J connectivity index is 0.000000419. The number of carbonyl (C=O) groups is 4. The van der Waals surface area contributed by atoms with Crippen molar-refractivity contribution in [2.45, 2.75) is 14.9 Å². The van der Waals surface area contributed by atoms with Crippen molar-refractivity contribution in [2.24, 2.45) is 0 Å². The number of amides is 1. The Morgan fingerprint density at radius 3 is 1.19 bits per heavy atom. The van der Waals surface area contributed by atoms with Crippen LogP contribution in [-0.4, -0.2) is 79.9 Å². The molecule has 4 aromatic heterocycles. The van der Waals surface area contributed by atoms with Crippen LogP contribution >= 0.6 is 11.6 Å². The molecule has 17 nitrogen and oxygen atoms in total. The van der Waals surface area contributed by atoms with E-state index in [1.54, 1.807) is 85.9 Å². The Bertz CT molecular complexity index is 2520. The number of ether oxygens (including phenoxy) is 1. The molecular weight excluding hydrogens is 861 g/mol. The molecule has 0 fully saturated rings. The van der Waals surface area contributed by atoms with Gasteiger partial charge in [0.15, 0.2) is 0 Å². The average Bonchev–Trinajstić information content (AvgIpc) is 4.15. The SMILES string of the molecule is C.C.COC(=O)c1ccccc1-c1ncco1.CON(C)C(=O)c1ccccc1-c1ncco1.O=C(Cl)c1ccccc1-c1ncco1.O=C(O)c1ccccc1-c1ncco1.[Na+].[OH-]. The van der Waals surface area contributed by atoms with E-state index >= 15 is 0 Å². The second-order valence-electron chi connectivity index (χ2n) is 11.6. The van der Waals surface area contributed by atoms with Crippen LogP contribution in [0.4, 0.5) is 0 Å². The fourth-order valence-electron chi connectivity index (χ4n) is 5.19. The summed E-state index contributed by atoms with van der Waals surface area (Å²) in [6.45, 7) is 0. The van der Waals surface area contributed by atoms with Gasteiger partial charge in [-0.15, -0.1) is 0 Å². The van der Waals surface area contributed by atoms with Crippen molar-refractivity contribution in [2.75, 3.05) is 21.3 Å². The number of rotatable bonds is 9. The number of hydrogen-bond donors (Lipinski definition) is 1. The third kappa shape index (κ3) is 14.6. The van der Waals surface area contributed by atoms with Gasteiger partial charge in [-0.05, 0) is 60.1 Å². The number of halogens is 1. The van der Waals surface area contributed by atoms with Gasteiger partial charge in [0.05, 0.1) is 66.8 Å². The van der Waals surface area contributed by atoms with E-state index in [1.165, 1.54) is 70.1 Å². The third-order valence-corrected chi connectivity index (χ3v) is 8.20. The number of aromatic nitrogens is 4. The summed E-state index contributed by atoms with van der Waals surface area (Å²) in [6, 6.07) is 27.6. The summed E-state index contributed by atoms with van der Waals surface area (Å²) in [5.41, 5.74) is 3.90. The van der Waals surface area contributed by atoms with Gasteiger partial charge in [-0.25, -0.2) is 34.6 Å². The van der Waals surface area contributed by atoms with Crippen molar-refractivity contribution < 1.29 is 86.6 Å². The molecule has 8 aromatic rings. The zero-order valence-electron chi connectivity index (χ0n) is 33.4. The quantitative estimate of drug-likeness (QED) is 0.0665. The number of benzene rings is 4. The van der Waals surface area contributed by atoms with E-state index in [-0.39, 0.29) is 61.4 Å². The Morgan fingerprint density at radius 1 is 0.547 bits per heavy atom. The van der Waals surface area contributed by atoms with Gasteiger partial charge in [-0.1, -0.05) is 63.4 Å². The second-order valence-corrected chi connectivity index (χ2v) is 11.9. The normalized spacial score (nSPS) is 9.44. The largest absolute Gasteiger partial charge is 1.00 e. The monoisotopic (exact) mass is 903 g/mol. The topological polar surface area (TPSA) is 244 Å². The van der Waals surface area contributed by atoms with Crippen molar-refractivity contribution in [3.05, 3.63) is 169 Å². The molecule has 0 unspecified atom stereocenters. The van der Waals surface area contributed by atoms with Gasteiger partial charge < -0.3 is 33.0 Å². The summed E-state index contributed by atoms with van der Waals surface area (Å²) in [7, 11) is 4.33. The second kappa shape index (κ2) is 27.9. The number of carboxylic acids is 1. The molecule has 0 spiro atoms. The Kier molecular flexibility index (Phi) is 23.9. The summed E-state index contributed by atoms with van der Waals surface area (Å²) in [5.74, 6) is -0.0871. The molecule has 328 valence electrons. The summed E-state index contributed by atoms with van der Waals surface area (Å²) in [6.07, 6.45) is 11.9. The van der Waals surface area contributed by atoms with Gasteiger partial charge in [-0.3, -0.25) is 14.4 Å². The van der Waals surface area contributed by atoms with Crippen LogP contribution in [0.5, 0.6) is 0 Å². The van der Waals surface area contributed by atoms with Crippen LogP contribution in [0.1, 0.15) is 56.3 Å². The van der Waals surface area contributed by atoms with Crippen molar-refractivity contribution in [3.8, 4) is 45.8 Å². The molecule has 0 aliphatic heterocycles. The molecule has 1 amide bonds. The van der Waals surface area contributed by atoms with Crippen molar-refractivity contribution in [1.29, 1.82) is 0 Å². The van der Waals surface area contributed by atoms with E-state index in [9.17, 15) is 19.2 Å². The third-order valence-electron chi connectivity index (χ3n) is 8.00. The fourth-order valence-corrected chi connectivity index (χ4v) is 5.35. The van der Waals surface area contributed by atoms with Crippen LogP contribution in [0.3, 0.4) is 0 Å². The van der Waals surface area contributed by atoms with E-state index in [4.69, 9.17) is 39.2 Å². The summed E-state index contributed by atoms with van der Waals surface area (Å²) in [5, 5.41) is 9.53. The first-order valence-corrected chi connectivity index (χ1v) is 17.8. The van der Waals surface area contributed by atoms with E-state index in [2.05, 4.69) is 24.7 Å². The maximum atomic E-state index is 12.0. The minimum Gasteiger partial charge on any atom is -0.870 e. The van der Waals surface area contributed by atoms with E-state index in [1.807, 2.05) is 12.1 Å². The number of hydrogen-bond acceptors (Lipinski definition) is 15. The standard InChI is InChI=1S/C12H12N2O3.C11H9NO3.C10H6ClNO2.C10H7NO3.2CH4.Na.H2O/c1-14(16-2)12(15)10-6-4-3-5-9(10)11-13-7-8-17-11;1-14-11(13)9-5-3-2-4-8(9)10-12-6-7-15-10;11-9(13)7-3-1-2-4-8(7)10-12-5-6-14-10;12-10(13)8-4-2-1-3-7(8)9-11-5-6-14-9;;;;/h3-8H,1-2H3;2-7H,1H3;1-6H;1-6H,(H,12,13);2*1H4;;1H2/q;;;;;;+1;/p-1. The number of carboxylic acid groups (broad SMARTS) is 1. The molecule has 0 saturated carbocycles. The van der Waals surface area contributed by atoms with Crippen LogP contribution in [0.2, 0.25) is 0 Å². The molecule has 0 aliphatic carbocycles. The number of aromatic carboxylic acids is 1. The minimum absolute atomic E-state index is 0. The molecule has 0 bridgehead atoms. The average molecular weight is 904 g/mol. The molecule has 0 saturated heterocycles. The van der Waals surface area contributed by atoms with E-state index in [0.29, 0.717) is 62.5 Å². The number of hydroxylamine groups is 2. The maximum absolute atomic E-state index is 12.0. The van der Waals surface area contributed by atoms with Gasteiger partial charge >= 0.3 is 41.5 Å². The molecular formula is C45H43ClN5NaO12. The number of esters is 1. The number of methoxy groups -OCH3 is 1.